The number of thioether (sulfide) groups is 1. The summed E-state index contributed by atoms with van der Waals surface area (Å²) in [6.45, 7) is 4.32. The van der Waals surface area contributed by atoms with Crippen molar-refractivity contribution >= 4 is 28.7 Å². The van der Waals surface area contributed by atoms with Crippen LogP contribution in [0.5, 0.6) is 0 Å². The average molecular weight is 255 g/mol. The molecule has 2 rings (SSSR count). The van der Waals surface area contributed by atoms with E-state index in [9.17, 15) is 9.59 Å². The molecule has 0 bridgehead atoms. The highest BCUT2D eigenvalue weighted by molar-refractivity contribution is 8.14. The van der Waals surface area contributed by atoms with Gasteiger partial charge in [0, 0.05) is 18.2 Å². The molecule has 0 radical (unpaired) electrons. The molecule has 5 nitrogen and oxygen atoms in total. The molecular formula is C11H17N3O2S. The van der Waals surface area contributed by atoms with Crippen LogP contribution in [0.3, 0.4) is 0 Å². The molecule has 6 heteroatoms. The maximum Gasteiger partial charge on any atom is 0.251 e. The molecular weight excluding hydrogens is 238 g/mol. The Balaban J connectivity index is 1.96. The van der Waals surface area contributed by atoms with Crippen LogP contribution in [0.4, 0.5) is 0 Å². The van der Waals surface area contributed by atoms with Crippen LogP contribution in [0.15, 0.2) is 4.99 Å². The van der Waals surface area contributed by atoms with Crippen molar-refractivity contribution in [2.24, 2.45) is 10.9 Å². The van der Waals surface area contributed by atoms with Gasteiger partial charge in [-0.2, -0.15) is 0 Å². The van der Waals surface area contributed by atoms with Crippen molar-refractivity contribution in [2.45, 2.75) is 38.8 Å². The van der Waals surface area contributed by atoms with E-state index in [0.29, 0.717) is 24.8 Å². The predicted molar refractivity (Wildman–Crippen MR) is 67.8 cm³/mol. The van der Waals surface area contributed by atoms with E-state index in [1.54, 1.807) is 11.8 Å². The standard InChI is InChI=1S/C11H17N3O2S/c1-6(2)8-5-17-11(13-8)12-7-3-4-9(15)14-10(7)16/h6-8H,3-5H2,1-2H3,(H,12,13)(H,14,15,16)/t7?,8-/m1/s1. The third kappa shape index (κ3) is 3.00. The zero-order chi connectivity index (χ0) is 12.4. The monoisotopic (exact) mass is 255 g/mol. The topological polar surface area (TPSA) is 70.6 Å². The van der Waals surface area contributed by atoms with Gasteiger partial charge in [0.1, 0.15) is 6.04 Å². The highest BCUT2D eigenvalue weighted by atomic mass is 32.2. The lowest BCUT2D eigenvalue weighted by Gasteiger charge is -2.18. The summed E-state index contributed by atoms with van der Waals surface area (Å²) in [6.07, 6.45) is 0.897. The van der Waals surface area contributed by atoms with Crippen molar-refractivity contribution in [2.75, 3.05) is 5.75 Å². The molecule has 17 heavy (non-hydrogen) atoms. The third-order valence-corrected chi connectivity index (χ3v) is 4.02. The summed E-state index contributed by atoms with van der Waals surface area (Å²) >= 11 is 1.65. The SMILES string of the molecule is CC(C)[C@H]1CSC(=NC2CCC(=O)NC2=O)N1. The molecule has 2 atom stereocenters. The van der Waals surface area contributed by atoms with E-state index in [2.05, 4.69) is 29.5 Å². The van der Waals surface area contributed by atoms with Gasteiger partial charge in [-0.1, -0.05) is 25.6 Å². The van der Waals surface area contributed by atoms with Gasteiger partial charge in [-0.05, 0) is 12.3 Å². The van der Waals surface area contributed by atoms with Crippen LogP contribution in [0, 0.1) is 5.92 Å². The smallest absolute Gasteiger partial charge is 0.251 e. The number of hydrogen-bond acceptors (Lipinski definition) is 4. The molecule has 0 aliphatic carbocycles. The van der Waals surface area contributed by atoms with Crippen molar-refractivity contribution in [1.82, 2.24) is 10.6 Å². The molecule has 2 N–H and O–H groups in total. The molecule has 0 aromatic heterocycles. The minimum atomic E-state index is -0.409. The maximum absolute atomic E-state index is 11.5. The molecule has 2 amide bonds. The van der Waals surface area contributed by atoms with Crippen molar-refractivity contribution in [3.63, 3.8) is 0 Å². The van der Waals surface area contributed by atoms with Gasteiger partial charge in [-0.3, -0.25) is 14.9 Å². The number of amides is 2. The van der Waals surface area contributed by atoms with E-state index in [0.717, 1.165) is 10.9 Å². The molecule has 0 aromatic carbocycles. The number of carbonyl (C=O) groups is 2. The summed E-state index contributed by atoms with van der Waals surface area (Å²) in [5.41, 5.74) is 0. The Labute approximate surface area is 105 Å². The maximum atomic E-state index is 11.5. The Morgan fingerprint density at radius 2 is 2.18 bits per heavy atom. The minimum absolute atomic E-state index is 0.196. The molecule has 0 saturated carbocycles. The van der Waals surface area contributed by atoms with Crippen LogP contribution in [0.2, 0.25) is 0 Å². The number of nitrogens with one attached hydrogen (secondary N) is 2. The number of nitrogens with zero attached hydrogens (tertiary/aromatic N) is 1. The lowest BCUT2D eigenvalue weighted by atomic mass is 10.1. The highest BCUT2D eigenvalue weighted by Crippen LogP contribution is 2.20. The fraction of sp³-hybridized carbons (Fsp3) is 0.727. The third-order valence-electron chi connectivity index (χ3n) is 3.00. The molecule has 2 heterocycles. The first-order chi connectivity index (χ1) is 8.06. The average Bonchev–Trinajstić information content (AvgIpc) is 2.71. The number of aliphatic imine (C=N–C) groups is 1. The van der Waals surface area contributed by atoms with Crippen LogP contribution in [0.25, 0.3) is 0 Å². The van der Waals surface area contributed by atoms with Crippen LogP contribution in [-0.2, 0) is 9.59 Å². The Bertz CT molecular complexity index is 368. The first-order valence-electron chi connectivity index (χ1n) is 5.87. The van der Waals surface area contributed by atoms with Gasteiger partial charge < -0.3 is 5.32 Å². The molecule has 94 valence electrons. The van der Waals surface area contributed by atoms with Crippen LogP contribution in [-0.4, -0.2) is 34.8 Å². The molecule has 1 unspecified atom stereocenters. The second kappa shape index (κ2) is 5.08. The number of rotatable bonds is 2. The van der Waals surface area contributed by atoms with Crippen LogP contribution < -0.4 is 10.6 Å². The predicted octanol–water partition coefficient (Wildman–Crippen LogP) is 0.509. The van der Waals surface area contributed by atoms with Gasteiger partial charge in [-0.25, -0.2) is 4.99 Å². The van der Waals surface area contributed by atoms with Gasteiger partial charge >= 0.3 is 0 Å². The van der Waals surface area contributed by atoms with E-state index < -0.39 is 6.04 Å². The van der Waals surface area contributed by atoms with E-state index in [1.807, 2.05) is 0 Å². The lowest BCUT2D eigenvalue weighted by molar-refractivity contribution is -0.133. The summed E-state index contributed by atoms with van der Waals surface area (Å²) in [7, 11) is 0. The van der Waals surface area contributed by atoms with Crippen molar-refractivity contribution in [3.05, 3.63) is 0 Å². The van der Waals surface area contributed by atoms with Gasteiger partial charge in [0.2, 0.25) is 5.91 Å². The molecule has 2 aliphatic rings. The lowest BCUT2D eigenvalue weighted by Crippen LogP contribution is -2.44. The molecule has 2 saturated heterocycles. The Kier molecular flexibility index (Phi) is 3.71. The number of hydrogen-bond donors (Lipinski definition) is 2. The molecule has 0 spiro atoms. The van der Waals surface area contributed by atoms with Gasteiger partial charge in [0.25, 0.3) is 5.91 Å². The second-order valence-corrected chi connectivity index (χ2v) is 5.72. The first-order valence-corrected chi connectivity index (χ1v) is 6.85. The van der Waals surface area contributed by atoms with E-state index >= 15 is 0 Å². The van der Waals surface area contributed by atoms with E-state index in [4.69, 9.17) is 0 Å². The van der Waals surface area contributed by atoms with Crippen molar-refractivity contribution in [3.8, 4) is 0 Å². The van der Waals surface area contributed by atoms with E-state index in [1.165, 1.54) is 0 Å². The Morgan fingerprint density at radius 3 is 2.76 bits per heavy atom. The molecule has 2 aliphatic heterocycles. The quantitative estimate of drug-likeness (QED) is 0.705. The first kappa shape index (κ1) is 12.4. The minimum Gasteiger partial charge on any atom is -0.361 e. The second-order valence-electron chi connectivity index (χ2n) is 4.71. The zero-order valence-electron chi connectivity index (χ0n) is 10.0. The Morgan fingerprint density at radius 1 is 1.41 bits per heavy atom. The largest absolute Gasteiger partial charge is 0.361 e. The van der Waals surface area contributed by atoms with Crippen LogP contribution in [0.1, 0.15) is 26.7 Å². The summed E-state index contributed by atoms with van der Waals surface area (Å²) in [5.74, 6) is 1.07. The summed E-state index contributed by atoms with van der Waals surface area (Å²) < 4.78 is 0. The van der Waals surface area contributed by atoms with Gasteiger partial charge in [-0.15, -0.1) is 0 Å². The normalized spacial score (nSPS) is 31.8. The summed E-state index contributed by atoms with van der Waals surface area (Å²) in [5, 5.41) is 6.46. The Hall–Kier alpha value is -1.04. The van der Waals surface area contributed by atoms with Crippen LogP contribution >= 0.6 is 11.8 Å². The summed E-state index contributed by atoms with van der Waals surface area (Å²) in [6, 6.07) is 0.0145. The zero-order valence-corrected chi connectivity index (χ0v) is 10.8. The van der Waals surface area contributed by atoms with E-state index in [-0.39, 0.29) is 11.8 Å². The fourth-order valence-corrected chi connectivity index (χ4v) is 3.03. The fourth-order valence-electron chi connectivity index (χ4n) is 1.79. The number of amidine groups is 1. The number of imide groups is 1. The van der Waals surface area contributed by atoms with Gasteiger partial charge in [0.15, 0.2) is 5.17 Å². The molecule has 2 fully saturated rings. The highest BCUT2D eigenvalue weighted by Gasteiger charge is 2.29. The van der Waals surface area contributed by atoms with Crippen molar-refractivity contribution < 1.29 is 9.59 Å². The number of piperidine rings is 1. The molecule has 0 aromatic rings. The number of carbonyl (C=O) groups excluding carboxylic acids is 2. The van der Waals surface area contributed by atoms with Crippen molar-refractivity contribution in [1.29, 1.82) is 0 Å². The van der Waals surface area contributed by atoms with Gasteiger partial charge in [0.05, 0.1) is 0 Å². The summed E-state index contributed by atoms with van der Waals surface area (Å²) in [4.78, 5) is 26.9.